The molecule has 1 amide bonds. The Morgan fingerprint density at radius 3 is 2.64 bits per heavy atom. The number of piperidine rings is 1. The minimum absolute atomic E-state index is 0.00283. The number of carbonyl (C=O) groups is 1. The number of amides is 1. The molecule has 2 aromatic carbocycles. The number of hydrogen-bond donors (Lipinski definition) is 3. The van der Waals surface area contributed by atoms with Crippen LogP contribution >= 0.6 is 0 Å². The zero-order valence-corrected chi connectivity index (χ0v) is 16.1. The van der Waals surface area contributed by atoms with E-state index in [1.165, 1.54) is 11.1 Å². The van der Waals surface area contributed by atoms with Crippen molar-refractivity contribution >= 4 is 29.4 Å². The van der Waals surface area contributed by atoms with Gasteiger partial charge in [-0.2, -0.15) is 0 Å². The molecule has 1 aliphatic heterocycles. The standard InChI is InChI=1S/C22H25BN2O3/c1-2-15-4-3-5-17(12-15)16-8-10-25(11-9-16)22(26)21-14-18-13-19(23(27)28)6-7-20(18)24-21/h3-7,12-14,16,24,27-28H,2,8-11H2,1H3. The molecule has 0 bridgehead atoms. The smallest absolute Gasteiger partial charge is 0.423 e. The van der Waals surface area contributed by atoms with E-state index in [9.17, 15) is 14.8 Å². The molecule has 0 atom stereocenters. The molecule has 6 heteroatoms. The van der Waals surface area contributed by atoms with Crippen LogP contribution in [0.25, 0.3) is 10.9 Å². The van der Waals surface area contributed by atoms with Crippen LogP contribution in [0.2, 0.25) is 0 Å². The van der Waals surface area contributed by atoms with E-state index < -0.39 is 7.12 Å². The fourth-order valence-electron chi connectivity index (χ4n) is 4.08. The number of fused-ring (bicyclic) bond motifs is 1. The molecular formula is C22H25BN2O3. The summed E-state index contributed by atoms with van der Waals surface area (Å²) in [5, 5.41) is 19.5. The molecule has 4 rings (SSSR count). The maximum absolute atomic E-state index is 12.9. The monoisotopic (exact) mass is 376 g/mol. The second-order valence-corrected chi connectivity index (χ2v) is 7.57. The Balaban J connectivity index is 1.45. The molecule has 3 N–H and O–H groups in total. The van der Waals surface area contributed by atoms with Crippen molar-refractivity contribution in [2.75, 3.05) is 13.1 Å². The summed E-state index contributed by atoms with van der Waals surface area (Å²) in [5.41, 5.74) is 4.53. The zero-order valence-electron chi connectivity index (χ0n) is 16.1. The first-order valence-electron chi connectivity index (χ1n) is 9.92. The number of hydrogen-bond acceptors (Lipinski definition) is 3. The molecule has 1 fully saturated rings. The first-order chi connectivity index (χ1) is 13.5. The number of aryl methyl sites for hydroxylation is 1. The van der Waals surface area contributed by atoms with Gasteiger partial charge in [-0.25, -0.2) is 0 Å². The summed E-state index contributed by atoms with van der Waals surface area (Å²) in [6, 6.07) is 15.7. The Hall–Kier alpha value is -2.57. The molecule has 1 saturated heterocycles. The highest BCUT2D eigenvalue weighted by Gasteiger charge is 2.25. The third-order valence-electron chi connectivity index (χ3n) is 5.79. The highest BCUT2D eigenvalue weighted by molar-refractivity contribution is 6.58. The Kier molecular flexibility index (Phi) is 5.24. The van der Waals surface area contributed by atoms with Crippen molar-refractivity contribution in [2.45, 2.75) is 32.1 Å². The molecule has 0 aliphatic carbocycles. The number of benzene rings is 2. The molecule has 0 radical (unpaired) electrons. The number of rotatable bonds is 4. The molecule has 0 saturated carbocycles. The number of carbonyl (C=O) groups excluding carboxylic acids is 1. The van der Waals surface area contributed by atoms with Crippen LogP contribution in [0.15, 0.2) is 48.5 Å². The van der Waals surface area contributed by atoms with Crippen molar-refractivity contribution in [3.8, 4) is 0 Å². The van der Waals surface area contributed by atoms with Gasteiger partial charge in [0.1, 0.15) is 5.69 Å². The van der Waals surface area contributed by atoms with Gasteiger partial charge in [0, 0.05) is 18.6 Å². The lowest BCUT2D eigenvalue weighted by atomic mass is 9.80. The summed E-state index contributed by atoms with van der Waals surface area (Å²) < 4.78 is 0. The molecule has 0 unspecified atom stereocenters. The van der Waals surface area contributed by atoms with E-state index in [2.05, 4.69) is 36.2 Å². The molecule has 28 heavy (non-hydrogen) atoms. The van der Waals surface area contributed by atoms with E-state index >= 15 is 0 Å². The van der Waals surface area contributed by atoms with Crippen molar-refractivity contribution in [1.29, 1.82) is 0 Å². The summed E-state index contributed by atoms with van der Waals surface area (Å²) in [6.45, 7) is 3.66. The third-order valence-corrected chi connectivity index (χ3v) is 5.79. The summed E-state index contributed by atoms with van der Waals surface area (Å²) in [6.07, 6.45) is 2.99. The van der Waals surface area contributed by atoms with Gasteiger partial charge in [0.05, 0.1) is 0 Å². The Morgan fingerprint density at radius 2 is 1.93 bits per heavy atom. The number of nitrogens with one attached hydrogen (secondary N) is 1. The van der Waals surface area contributed by atoms with E-state index in [1.807, 2.05) is 4.90 Å². The maximum Gasteiger partial charge on any atom is 0.488 e. The van der Waals surface area contributed by atoms with Gasteiger partial charge >= 0.3 is 7.12 Å². The minimum Gasteiger partial charge on any atom is -0.423 e. The second-order valence-electron chi connectivity index (χ2n) is 7.57. The van der Waals surface area contributed by atoms with Crippen molar-refractivity contribution in [3.63, 3.8) is 0 Å². The van der Waals surface area contributed by atoms with Gasteiger partial charge in [-0.05, 0) is 59.3 Å². The van der Waals surface area contributed by atoms with Crippen molar-refractivity contribution in [3.05, 3.63) is 65.4 Å². The highest BCUT2D eigenvalue weighted by atomic mass is 16.4. The molecule has 0 spiro atoms. The van der Waals surface area contributed by atoms with Gasteiger partial charge in [0.25, 0.3) is 5.91 Å². The van der Waals surface area contributed by atoms with E-state index in [-0.39, 0.29) is 5.91 Å². The molecule has 1 aliphatic rings. The van der Waals surface area contributed by atoms with Crippen LogP contribution in [-0.4, -0.2) is 46.0 Å². The summed E-state index contributed by atoms with van der Waals surface area (Å²) >= 11 is 0. The fraction of sp³-hybridized carbons (Fsp3) is 0.318. The van der Waals surface area contributed by atoms with Crippen molar-refractivity contribution in [2.24, 2.45) is 0 Å². The van der Waals surface area contributed by atoms with E-state index in [0.717, 1.165) is 43.3 Å². The average molecular weight is 376 g/mol. The summed E-state index contributed by atoms with van der Waals surface area (Å²) in [5.74, 6) is 0.509. The van der Waals surface area contributed by atoms with Gasteiger partial charge in [-0.3, -0.25) is 4.79 Å². The Bertz CT molecular complexity index is 990. The van der Waals surface area contributed by atoms with Crippen LogP contribution in [0.4, 0.5) is 0 Å². The quantitative estimate of drug-likeness (QED) is 0.612. The van der Waals surface area contributed by atoms with Gasteiger partial charge in [0.2, 0.25) is 0 Å². The Labute approximate surface area is 165 Å². The molecular weight excluding hydrogens is 351 g/mol. The first kappa shape index (κ1) is 18.8. The van der Waals surface area contributed by atoms with Gasteiger partial charge in [-0.1, -0.05) is 43.3 Å². The van der Waals surface area contributed by atoms with E-state index in [0.29, 0.717) is 17.1 Å². The van der Waals surface area contributed by atoms with Crippen LogP contribution in [0.5, 0.6) is 0 Å². The lowest BCUT2D eigenvalue weighted by Gasteiger charge is -2.32. The van der Waals surface area contributed by atoms with E-state index in [4.69, 9.17) is 0 Å². The van der Waals surface area contributed by atoms with Crippen LogP contribution in [0.1, 0.15) is 47.3 Å². The molecule has 3 aromatic rings. The number of nitrogens with zero attached hydrogens (tertiary/aromatic N) is 1. The number of likely N-dealkylation sites (tertiary alicyclic amines) is 1. The largest absolute Gasteiger partial charge is 0.488 e. The lowest BCUT2D eigenvalue weighted by Crippen LogP contribution is -2.38. The van der Waals surface area contributed by atoms with Crippen LogP contribution in [0, 0.1) is 0 Å². The molecule has 1 aromatic heterocycles. The maximum atomic E-state index is 12.9. The predicted molar refractivity (Wildman–Crippen MR) is 112 cm³/mol. The predicted octanol–water partition coefficient (Wildman–Crippen LogP) is 2.43. The molecule has 2 heterocycles. The lowest BCUT2D eigenvalue weighted by molar-refractivity contribution is 0.0708. The van der Waals surface area contributed by atoms with Crippen LogP contribution < -0.4 is 5.46 Å². The van der Waals surface area contributed by atoms with Gasteiger partial charge < -0.3 is 19.9 Å². The third kappa shape index (κ3) is 3.70. The first-order valence-corrected chi connectivity index (χ1v) is 9.92. The molecule has 5 nitrogen and oxygen atoms in total. The van der Waals surface area contributed by atoms with Gasteiger partial charge in [0.15, 0.2) is 0 Å². The number of H-pyrrole nitrogens is 1. The molecule has 144 valence electrons. The Morgan fingerprint density at radius 1 is 1.14 bits per heavy atom. The second kappa shape index (κ2) is 7.82. The zero-order chi connectivity index (χ0) is 19.7. The van der Waals surface area contributed by atoms with Crippen molar-refractivity contribution in [1.82, 2.24) is 9.88 Å². The van der Waals surface area contributed by atoms with Crippen LogP contribution in [-0.2, 0) is 6.42 Å². The minimum atomic E-state index is -1.51. The van der Waals surface area contributed by atoms with E-state index in [1.54, 1.807) is 24.3 Å². The fourth-order valence-corrected chi connectivity index (χ4v) is 4.08. The summed E-state index contributed by atoms with van der Waals surface area (Å²) in [4.78, 5) is 18.0. The number of aromatic amines is 1. The average Bonchev–Trinajstić information content (AvgIpc) is 3.16. The topological polar surface area (TPSA) is 76.6 Å². The van der Waals surface area contributed by atoms with Gasteiger partial charge in [-0.15, -0.1) is 0 Å². The highest BCUT2D eigenvalue weighted by Crippen LogP contribution is 2.29. The van der Waals surface area contributed by atoms with Crippen LogP contribution in [0.3, 0.4) is 0 Å². The normalized spacial score (nSPS) is 15.2. The SMILES string of the molecule is CCc1cccc(C2CCN(C(=O)c3cc4cc(B(O)O)ccc4[nH]3)CC2)c1. The summed E-state index contributed by atoms with van der Waals surface area (Å²) in [7, 11) is -1.51. The number of aromatic nitrogens is 1. The van der Waals surface area contributed by atoms with Crippen molar-refractivity contribution < 1.29 is 14.8 Å².